The fourth-order valence-corrected chi connectivity index (χ4v) is 2.72. The van der Waals surface area contributed by atoms with Crippen LogP contribution in [-0.4, -0.2) is 0 Å². The van der Waals surface area contributed by atoms with Crippen molar-refractivity contribution in [2.75, 3.05) is 5.73 Å². The third-order valence-corrected chi connectivity index (χ3v) is 3.83. The molecule has 0 atom stereocenters. The van der Waals surface area contributed by atoms with Crippen molar-refractivity contribution in [3.8, 4) is 0 Å². The fourth-order valence-electron chi connectivity index (χ4n) is 1.95. The van der Waals surface area contributed by atoms with Crippen LogP contribution in [0.2, 0.25) is 0 Å². The molecule has 1 heterocycles. The molecular formula is C14H17FN2S. The second-order valence-corrected chi connectivity index (χ2v) is 5.45. The lowest BCUT2D eigenvalue weighted by Crippen LogP contribution is -2.13. The summed E-state index contributed by atoms with van der Waals surface area (Å²) in [6, 6.07) is 5.67. The third-order valence-electron chi connectivity index (χ3n) is 2.89. The van der Waals surface area contributed by atoms with Gasteiger partial charge in [-0.3, -0.25) is 0 Å². The van der Waals surface area contributed by atoms with Crippen molar-refractivity contribution in [1.82, 2.24) is 5.32 Å². The van der Waals surface area contributed by atoms with Crippen LogP contribution in [0.3, 0.4) is 0 Å². The van der Waals surface area contributed by atoms with E-state index in [-0.39, 0.29) is 5.82 Å². The van der Waals surface area contributed by atoms with Crippen molar-refractivity contribution < 1.29 is 4.39 Å². The molecule has 2 rings (SSSR count). The molecule has 0 spiro atoms. The molecule has 0 saturated heterocycles. The highest BCUT2D eigenvalue weighted by Gasteiger charge is 2.05. The van der Waals surface area contributed by atoms with E-state index in [9.17, 15) is 4.39 Å². The van der Waals surface area contributed by atoms with Crippen LogP contribution in [0.25, 0.3) is 0 Å². The minimum atomic E-state index is -0.110. The van der Waals surface area contributed by atoms with E-state index >= 15 is 0 Å². The molecule has 96 valence electrons. The monoisotopic (exact) mass is 264 g/mol. The first kappa shape index (κ1) is 13.1. The maximum Gasteiger partial charge on any atom is 0.129 e. The van der Waals surface area contributed by atoms with E-state index in [0.717, 1.165) is 29.2 Å². The molecule has 0 bridgehead atoms. The summed E-state index contributed by atoms with van der Waals surface area (Å²) in [7, 11) is 0. The van der Waals surface area contributed by atoms with E-state index in [1.807, 2.05) is 23.6 Å². The molecule has 0 aliphatic carbocycles. The Balaban J connectivity index is 1.97. The van der Waals surface area contributed by atoms with E-state index in [0.29, 0.717) is 11.1 Å². The Hall–Kier alpha value is -1.39. The zero-order valence-electron chi connectivity index (χ0n) is 10.6. The van der Waals surface area contributed by atoms with Gasteiger partial charge in [0.15, 0.2) is 0 Å². The van der Waals surface area contributed by atoms with Gasteiger partial charge in [-0.05, 0) is 42.0 Å². The zero-order valence-corrected chi connectivity index (χ0v) is 11.4. The number of anilines is 1. The van der Waals surface area contributed by atoms with Gasteiger partial charge in [-0.25, -0.2) is 4.39 Å². The van der Waals surface area contributed by atoms with E-state index in [4.69, 9.17) is 5.73 Å². The number of nitrogens with two attached hydrogens (primary N) is 1. The quantitative estimate of drug-likeness (QED) is 0.888. The SMILES string of the molecule is Cc1cc(CNCc2sccc2N)cc(C)c1F. The molecule has 0 fully saturated rings. The van der Waals surface area contributed by atoms with Crippen molar-refractivity contribution in [3.05, 3.63) is 51.0 Å². The molecule has 0 saturated carbocycles. The van der Waals surface area contributed by atoms with Gasteiger partial charge >= 0.3 is 0 Å². The molecule has 3 N–H and O–H groups in total. The number of rotatable bonds is 4. The minimum absolute atomic E-state index is 0.110. The standard InChI is InChI=1S/C14H17FN2S/c1-9-5-11(6-10(2)14(9)15)7-17-8-13-12(16)3-4-18-13/h3-6,17H,7-8,16H2,1-2H3. The second kappa shape index (κ2) is 5.50. The Labute approximate surface area is 111 Å². The van der Waals surface area contributed by atoms with Gasteiger partial charge < -0.3 is 11.1 Å². The van der Waals surface area contributed by atoms with Gasteiger partial charge in [0, 0.05) is 23.7 Å². The van der Waals surface area contributed by atoms with E-state index in [2.05, 4.69) is 5.32 Å². The molecule has 0 aliphatic heterocycles. The van der Waals surface area contributed by atoms with Crippen LogP contribution in [0, 0.1) is 19.7 Å². The third kappa shape index (κ3) is 2.89. The van der Waals surface area contributed by atoms with Gasteiger partial charge in [-0.15, -0.1) is 11.3 Å². The molecule has 0 amide bonds. The van der Waals surface area contributed by atoms with Crippen molar-refractivity contribution in [3.63, 3.8) is 0 Å². The average molecular weight is 264 g/mol. The maximum atomic E-state index is 13.5. The summed E-state index contributed by atoms with van der Waals surface area (Å²) in [4.78, 5) is 1.14. The summed E-state index contributed by atoms with van der Waals surface area (Å²) in [6.07, 6.45) is 0. The Morgan fingerprint density at radius 3 is 2.44 bits per heavy atom. The summed E-state index contributed by atoms with van der Waals surface area (Å²) < 4.78 is 13.5. The van der Waals surface area contributed by atoms with Crippen LogP contribution < -0.4 is 11.1 Å². The van der Waals surface area contributed by atoms with Gasteiger partial charge in [-0.2, -0.15) is 0 Å². The molecule has 0 aliphatic rings. The summed E-state index contributed by atoms with van der Waals surface area (Å²) in [5.41, 5.74) is 9.13. The highest BCUT2D eigenvalue weighted by Crippen LogP contribution is 2.19. The first-order chi connectivity index (χ1) is 8.58. The first-order valence-electron chi connectivity index (χ1n) is 5.86. The Kier molecular flexibility index (Phi) is 3.99. The Bertz CT molecular complexity index is 525. The molecule has 1 aromatic heterocycles. The topological polar surface area (TPSA) is 38.0 Å². The number of hydrogen-bond acceptors (Lipinski definition) is 3. The number of hydrogen-bond donors (Lipinski definition) is 2. The van der Waals surface area contributed by atoms with E-state index in [1.54, 1.807) is 25.2 Å². The van der Waals surface area contributed by atoms with Crippen molar-refractivity contribution in [1.29, 1.82) is 0 Å². The van der Waals surface area contributed by atoms with Crippen molar-refractivity contribution >= 4 is 17.0 Å². The Morgan fingerprint density at radius 2 is 1.89 bits per heavy atom. The van der Waals surface area contributed by atoms with Gasteiger partial charge in [-0.1, -0.05) is 12.1 Å². The molecule has 4 heteroatoms. The van der Waals surface area contributed by atoms with Crippen LogP contribution in [-0.2, 0) is 13.1 Å². The molecule has 18 heavy (non-hydrogen) atoms. The smallest absolute Gasteiger partial charge is 0.129 e. The van der Waals surface area contributed by atoms with Gasteiger partial charge in [0.05, 0.1) is 0 Å². The van der Waals surface area contributed by atoms with Crippen molar-refractivity contribution in [2.45, 2.75) is 26.9 Å². The molecule has 0 unspecified atom stereocenters. The maximum absolute atomic E-state index is 13.5. The average Bonchev–Trinajstić information content (AvgIpc) is 2.72. The second-order valence-electron chi connectivity index (χ2n) is 4.45. The predicted molar refractivity (Wildman–Crippen MR) is 75.1 cm³/mol. The Morgan fingerprint density at radius 1 is 1.22 bits per heavy atom. The fraction of sp³-hybridized carbons (Fsp3) is 0.286. The minimum Gasteiger partial charge on any atom is -0.398 e. The molecular weight excluding hydrogens is 247 g/mol. The summed E-state index contributed by atoms with van der Waals surface area (Å²) in [6.45, 7) is 5.06. The highest BCUT2D eigenvalue weighted by atomic mass is 32.1. The van der Waals surface area contributed by atoms with E-state index in [1.165, 1.54) is 0 Å². The van der Waals surface area contributed by atoms with Crippen LogP contribution in [0.1, 0.15) is 21.6 Å². The zero-order chi connectivity index (χ0) is 13.1. The number of nitrogens with one attached hydrogen (secondary N) is 1. The lowest BCUT2D eigenvalue weighted by molar-refractivity contribution is 0.606. The molecule has 2 aromatic rings. The highest BCUT2D eigenvalue weighted by molar-refractivity contribution is 7.10. The van der Waals surface area contributed by atoms with Crippen LogP contribution >= 0.6 is 11.3 Å². The van der Waals surface area contributed by atoms with Crippen molar-refractivity contribution in [2.24, 2.45) is 0 Å². The molecule has 2 nitrogen and oxygen atoms in total. The lowest BCUT2D eigenvalue weighted by Gasteiger charge is -2.08. The first-order valence-corrected chi connectivity index (χ1v) is 6.74. The number of thiophene rings is 1. The molecule has 0 radical (unpaired) electrons. The largest absolute Gasteiger partial charge is 0.398 e. The lowest BCUT2D eigenvalue weighted by atomic mass is 10.1. The number of benzene rings is 1. The number of aryl methyl sites for hydroxylation is 2. The summed E-state index contributed by atoms with van der Waals surface area (Å²) >= 11 is 1.65. The van der Waals surface area contributed by atoms with E-state index < -0.39 is 0 Å². The van der Waals surface area contributed by atoms with Crippen LogP contribution in [0.4, 0.5) is 10.1 Å². The van der Waals surface area contributed by atoms with Gasteiger partial charge in [0.25, 0.3) is 0 Å². The van der Waals surface area contributed by atoms with Gasteiger partial charge in [0.2, 0.25) is 0 Å². The predicted octanol–water partition coefficient (Wildman–Crippen LogP) is 3.38. The van der Waals surface area contributed by atoms with Crippen LogP contribution in [0.5, 0.6) is 0 Å². The summed E-state index contributed by atoms with van der Waals surface area (Å²) in [5.74, 6) is -0.110. The number of nitrogen functional groups attached to an aromatic ring is 1. The molecule has 1 aromatic carbocycles. The van der Waals surface area contributed by atoms with Crippen LogP contribution in [0.15, 0.2) is 23.6 Å². The number of halogens is 1. The normalized spacial score (nSPS) is 10.8. The summed E-state index contributed by atoms with van der Waals surface area (Å²) in [5, 5.41) is 5.31. The van der Waals surface area contributed by atoms with Gasteiger partial charge in [0.1, 0.15) is 5.82 Å².